The Bertz CT molecular complexity index is 1220. The molecule has 1 atom stereocenters. The Morgan fingerprint density at radius 2 is 1.71 bits per heavy atom. The van der Waals surface area contributed by atoms with Crippen molar-refractivity contribution in [2.45, 2.75) is 24.3 Å². The first kappa shape index (κ1) is 25.3. The van der Waals surface area contributed by atoms with Gasteiger partial charge in [0.1, 0.15) is 5.75 Å². The van der Waals surface area contributed by atoms with Gasteiger partial charge in [0, 0.05) is 12.1 Å². The molecule has 3 aromatic carbocycles. The summed E-state index contributed by atoms with van der Waals surface area (Å²) in [5, 5.41) is 2.94. The lowest BCUT2D eigenvalue weighted by Crippen LogP contribution is -2.34. The van der Waals surface area contributed by atoms with Crippen LogP contribution >= 0.6 is 0 Å². The van der Waals surface area contributed by atoms with Gasteiger partial charge in [-0.25, -0.2) is 8.42 Å². The number of likely N-dealkylation sites (N-methyl/N-ethyl adjacent to an activating group) is 1. The van der Waals surface area contributed by atoms with Gasteiger partial charge >= 0.3 is 0 Å². The van der Waals surface area contributed by atoms with Gasteiger partial charge < -0.3 is 15.0 Å². The van der Waals surface area contributed by atoms with E-state index in [4.69, 9.17) is 4.74 Å². The number of carbonyl (C=O) groups is 1. The number of para-hydroxylation sites is 2. The third-order valence-electron chi connectivity index (χ3n) is 5.61. The minimum Gasteiger partial charge on any atom is -0.495 e. The van der Waals surface area contributed by atoms with Gasteiger partial charge in [0.15, 0.2) is 0 Å². The third kappa shape index (κ3) is 6.15. The van der Waals surface area contributed by atoms with Crippen LogP contribution in [0.25, 0.3) is 0 Å². The molecule has 0 saturated heterocycles. The van der Waals surface area contributed by atoms with E-state index in [-0.39, 0.29) is 22.4 Å². The second-order valence-electron chi connectivity index (χ2n) is 8.12. The van der Waals surface area contributed by atoms with Gasteiger partial charge in [0.25, 0.3) is 15.9 Å². The Balaban J connectivity index is 1.74. The molecule has 3 rings (SSSR count). The number of nitrogens with one attached hydrogen (secondary N) is 2. The Morgan fingerprint density at radius 1 is 1.00 bits per heavy atom. The van der Waals surface area contributed by atoms with Gasteiger partial charge in [-0.3, -0.25) is 9.52 Å². The summed E-state index contributed by atoms with van der Waals surface area (Å²) < 4.78 is 33.6. The molecule has 0 aromatic heterocycles. The molecule has 0 aliphatic rings. The average Bonchev–Trinajstić information content (AvgIpc) is 2.84. The molecule has 180 valence electrons. The number of nitrogens with zero attached hydrogens (tertiary/aromatic N) is 1. The fraction of sp³-hybridized carbons (Fsp3) is 0.269. The summed E-state index contributed by atoms with van der Waals surface area (Å²) in [5.74, 6) is 0.0630. The van der Waals surface area contributed by atoms with Crippen molar-refractivity contribution in [2.24, 2.45) is 0 Å². The van der Waals surface area contributed by atoms with Crippen LogP contribution in [0.5, 0.6) is 5.75 Å². The van der Waals surface area contributed by atoms with Crippen LogP contribution in [-0.4, -0.2) is 47.0 Å². The first-order valence-corrected chi connectivity index (χ1v) is 12.5. The SMILES string of the molecule is CCc1ccc(C(CNC(=O)c2cccc(S(=O)(=O)Nc3ccccc3OC)c2)N(C)C)cc1. The molecule has 1 amide bonds. The fourth-order valence-corrected chi connectivity index (χ4v) is 4.72. The fourth-order valence-electron chi connectivity index (χ4n) is 3.60. The van der Waals surface area contributed by atoms with E-state index in [1.807, 2.05) is 19.0 Å². The number of benzene rings is 3. The molecule has 0 spiro atoms. The first-order valence-electron chi connectivity index (χ1n) is 11.0. The van der Waals surface area contributed by atoms with Gasteiger partial charge in [-0.15, -0.1) is 0 Å². The first-order chi connectivity index (χ1) is 16.2. The number of carbonyl (C=O) groups excluding carboxylic acids is 1. The molecule has 3 aromatic rings. The maximum absolute atomic E-state index is 12.9. The maximum atomic E-state index is 12.9. The van der Waals surface area contributed by atoms with E-state index in [1.165, 1.54) is 24.8 Å². The second kappa shape index (κ2) is 11.2. The van der Waals surface area contributed by atoms with Crippen molar-refractivity contribution >= 4 is 21.6 Å². The van der Waals surface area contributed by atoms with Gasteiger partial charge in [-0.2, -0.15) is 0 Å². The molecule has 0 heterocycles. The van der Waals surface area contributed by atoms with Crippen molar-refractivity contribution in [3.63, 3.8) is 0 Å². The van der Waals surface area contributed by atoms with E-state index in [9.17, 15) is 13.2 Å². The molecule has 0 bridgehead atoms. The van der Waals surface area contributed by atoms with Gasteiger partial charge in [-0.1, -0.05) is 49.4 Å². The van der Waals surface area contributed by atoms with Crippen LogP contribution in [0.4, 0.5) is 5.69 Å². The van der Waals surface area contributed by atoms with Crippen LogP contribution < -0.4 is 14.8 Å². The molecule has 0 radical (unpaired) electrons. The molecule has 2 N–H and O–H groups in total. The van der Waals surface area contributed by atoms with Crippen molar-refractivity contribution in [3.05, 3.63) is 89.5 Å². The Hall–Kier alpha value is -3.36. The molecule has 8 heteroatoms. The standard InChI is InChI=1S/C26H31N3O4S/c1-5-19-13-15-20(16-14-19)24(29(2)3)18-27-26(30)21-9-8-10-22(17-21)34(31,32)28-23-11-6-7-12-25(23)33-4/h6-17,24,28H,5,18H2,1-4H3,(H,27,30). The van der Waals surface area contributed by atoms with Crippen LogP contribution in [0.1, 0.15) is 34.5 Å². The van der Waals surface area contributed by atoms with E-state index in [0.717, 1.165) is 12.0 Å². The maximum Gasteiger partial charge on any atom is 0.262 e. The van der Waals surface area contributed by atoms with Gasteiger partial charge in [0.2, 0.25) is 0 Å². The largest absolute Gasteiger partial charge is 0.495 e. The number of aryl methyl sites for hydroxylation is 1. The van der Waals surface area contributed by atoms with Crippen LogP contribution in [0, 0.1) is 0 Å². The van der Waals surface area contributed by atoms with E-state index in [1.54, 1.807) is 36.4 Å². The van der Waals surface area contributed by atoms with Gasteiger partial charge in [-0.05, 0) is 62.0 Å². The smallest absolute Gasteiger partial charge is 0.262 e. The Morgan fingerprint density at radius 3 is 2.35 bits per heavy atom. The number of sulfonamides is 1. The molecule has 34 heavy (non-hydrogen) atoms. The summed E-state index contributed by atoms with van der Waals surface area (Å²) in [6.07, 6.45) is 0.967. The quantitative estimate of drug-likeness (QED) is 0.455. The average molecular weight is 482 g/mol. The number of anilines is 1. The van der Waals surface area contributed by atoms with Crippen molar-refractivity contribution in [2.75, 3.05) is 32.5 Å². The lowest BCUT2D eigenvalue weighted by atomic mass is 10.0. The normalized spacial score (nSPS) is 12.3. The van der Waals surface area contributed by atoms with Crippen LogP contribution in [0.15, 0.2) is 77.7 Å². The van der Waals surface area contributed by atoms with Crippen LogP contribution in [-0.2, 0) is 16.4 Å². The minimum absolute atomic E-state index is 0.00892. The Labute approximate surface area is 201 Å². The van der Waals surface area contributed by atoms with Crippen LogP contribution in [0.3, 0.4) is 0 Å². The lowest BCUT2D eigenvalue weighted by molar-refractivity contribution is 0.0941. The van der Waals surface area contributed by atoms with Crippen LogP contribution in [0.2, 0.25) is 0 Å². The van der Waals surface area contributed by atoms with E-state index in [2.05, 4.69) is 41.2 Å². The summed E-state index contributed by atoms with van der Waals surface area (Å²) in [6.45, 7) is 2.49. The highest BCUT2D eigenvalue weighted by Crippen LogP contribution is 2.26. The number of methoxy groups -OCH3 is 1. The Kier molecular flexibility index (Phi) is 8.31. The van der Waals surface area contributed by atoms with E-state index in [0.29, 0.717) is 18.0 Å². The van der Waals surface area contributed by atoms with Crippen molar-refractivity contribution in [1.82, 2.24) is 10.2 Å². The van der Waals surface area contributed by atoms with E-state index < -0.39 is 10.0 Å². The number of rotatable bonds is 10. The minimum atomic E-state index is -3.91. The molecule has 1 unspecified atom stereocenters. The summed E-state index contributed by atoms with van der Waals surface area (Å²) in [4.78, 5) is 14.9. The van der Waals surface area contributed by atoms with E-state index >= 15 is 0 Å². The van der Waals surface area contributed by atoms with Crippen molar-refractivity contribution in [3.8, 4) is 5.75 Å². The number of amides is 1. The molecule has 0 saturated carbocycles. The van der Waals surface area contributed by atoms with Gasteiger partial charge in [0.05, 0.1) is 23.7 Å². The summed E-state index contributed by atoms with van der Waals surface area (Å²) >= 11 is 0. The molecule has 0 aliphatic heterocycles. The zero-order valence-corrected chi connectivity index (χ0v) is 20.7. The topological polar surface area (TPSA) is 87.7 Å². The zero-order valence-electron chi connectivity index (χ0n) is 19.9. The molecular formula is C26H31N3O4S. The molecular weight excluding hydrogens is 450 g/mol. The third-order valence-corrected chi connectivity index (χ3v) is 6.97. The second-order valence-corrected chi connectivity index (χ2v) is 9.80. The highest BCUT2D eigenvalue weighted by molar-refractivity contribution is 7.92. The predicted octanol–water partition coefficient (Wildman–Crippen LogP) is 4.09. The summed E-state index contributed by atoms with van der Waals surface area (Å²) in [7, 11) is 1.47. The highest BCUT2D eigenvalue weighted by Gasteiger charge is 2.20. The van der Waals surface area contributed by atoms with Crippen molar-refractivity contribution < 1.29 is 17.9 Å². The summed E-state index contributed by atoms with van der Waals surface area (Å²) in [6, 6.07) is 21.0. The number of hydrogen-bond donors (Lipinski definition) is 2. The predicted molar refractivity (Wildman–Crippen MR) is 135 cm³/mol. The molecule has 0 fully saturated rings. The monoisotopic (exact) mass is 481 g/mol. The number of ether oxygens (including phenoxy) is 1. The van der Waals surface area contributed by atoms with Crippen molar-refractivity contribution in [1.29, 1.82) is 0 Å². The highest BCUT2D eigenvalue weighted by atomic mass is 32.2. The molecule has 7 nitrogen and oxygen atoms in total. The molecule has 0 aliphatic carbocycles. The lowest BCUT2D eigenvalue weighted by Gasteiger charge is -2.25. The zero-order chi connectivity index (χ0) is 24.7. The summed E-state index contributed by atoms with van der Waals surface area (Å²) in [5.41, 5.74) is 2.94. The number of hydrogen-bond acceptors (Lipinski definition) is 5.